The standard InChI is InChI=1S/C8H7NO2/c10-7-3-1-2-6-5(7)4-8(11)9-6/h1-3,10H,4H2,(H,9,11). The van der Waals surface area contributed by atoms with E-state index in [0.717, 1.165) is 5.69 Å². The molecule has 0 unspecified atom stereocenters. The molecule has 0 radical (unpaired) electrons. The van der Waals surface area contributed by atoms with Gasteiger partial charge in [0.25, 0.3) is 0 Å². The first-order valence-corrected chi connectivity index (χ1v) is 3.38. The number of carbonyl (C=O) groups is 1. The minimum absolute atomic E-state index is 0.0542. The quantitative estimate of drug-likeness (QED) is 0.575. The summed E-state index contributed by atoms with van der Waals surface area (Å²) in [7, 11) is 0. The number of hydrogen-bond donors (Lipinski definition) is 2. The van der Waals surface area contributed by atoms with Crippen molar-refractivity contribution < 1.29 is 9.90 Å². The number of hydrogen-bond acceptors (Lipinski definition) is 2. The van der Waals surface area contributed by atoms with Gasteiger partial charge in [0.15, 0.2) is 0 Å². The van der Waals surface area contributed by atoms with E-state index in [4.69, 9.17) is 0 Å². The van der Waals surface area contributed by atoms with Crippen LogP contribution in [-0.2, 0) is 11.2 Å². The zero-order valence-electron chi connectivity index (χ0n) is 5.79. The average Bonchev–Trinajstić information content (AvgIpc) is 2.31. The van der Waals surface area contributed by atoms with Crippen LogP contribution in [0.4, 0.5) is 5.69 Å². The SMILES string of the molecule is O=C1Cc2c(O)cccc2N1. The van der Waals surface area contributed by atoms with Crippen molar-refractivity contribution in [2.75, 3.05) is 5.32 Å². The van der Waals surface area contributed by atoms with Gasteiger partial charge in [0.1, 0.15) is 5.75 Å². The Bertz CT molecular complexity index is 320. The highest BCUT2D eigenvalue weighted by Gasteiger charge is 2.19. The Labute approximate surface area is 63.7 Å². The molecule has 0 saturated heterocycles. The van der Waals surface area contributed by atoms with Crippen LogP contribution < -0.4 is 5.32 Å². The fourth-order valence-corrected chi connectivity index (χ4v) is 1.23. The molecule has 0 aromatic heterocycles. The van der Waals surface area contributed by atoms with Crippen LogP contribution in [0, 0.1) is 0 Å². The Kier molecular flexibility index (Phi) is 1.12. The molecule has 1 aliphatic rings. The van der Waals surface area contributed by atoms with Gasteiger partial charge in [-0.1, -0.05) is 6.07 Å². The van der Waals surface area contributed by atoms with E-state index in [9.17, 15) is 9.90 Å². The molecule has 0 atom stereocenters. The third kappa shape index (κ3) is 0.852. The molecule has 2 rings (SSSR count). The summed E-state index contributed by atoms with van der Waals surface area (Å²) < 4.78 is 0. The molecule has 2 N–H and O–H groups in total. The first-order chi connectivity index (χ1) is 5.27. The normalized spacial score (nSPS) is 14.4. The third-order valence-corrected chi connectivity index (χ3v) is 1.76. The van der Waals surface area contributed by atoms with E-state index >= 15 is 0 Å². The second-order valence-corrected chi connectivity index (χ2v) is 2.53. The van der Waals surface area contributed by atoms with Crippen molar-refractivity contribution in [3.63, 3.8) is 0 Å². The molecule has 1 aliphatic heterocycles. The minimum atomic E-state index is -0.0542. The molecule has 1 amide bonds. The van der Waals surface area contributed by atoms with E-state index in [0.29, 0.717) is 12.0 Å². The van der Waals surface area contributed by atoms with Crippen molar-refractivity contribution in [1.82, 2.24) is 0 Å². The van der Waals surface area contributed by atoms with Crippen molar-refractivity contribution in [3.8, 4) is 5.75 Å². The number of anilines is 1. The van der Waals surface area contributed by atoms with E-state index in [1.165, 1.54) is 0 Å². The first kappa shape index (κ1) is 6.22. The molecule has 1 aromatic carbocycles. The molecule has 56 valence electrons. The number of fused-ring (bicyclic) bond motifs is 1. The zero-order chi connectivity index (χ0) is 7.84. The first-order valence-electron chi connectivity index (χ1n) is 3.38. The number of nitrogens with one attached hydrogen (secondary N) is 1. The topological polar surface area (TPSA) is 49.3 Å². The van der Waals surface area contributed by atoms with Crippen molar-refractivity contribution in [2.24, 2.45) is 0 Å². The smallest absolute Gasteiger partial charge is 0.229 e. The monoisotopic (exact) mass is 149 g/mol. The summed E-state index contributed by atoms with van der Waals surface area (Å²) in [5.74, 6) is 0.141. The Hall–Kier alpha value is -1.51. The summed E-state index contributed by atoms with van der Waals surface area (Å²) in [6.07, 6.45) is 0.294. The third-order valence-electron chi connectivity index (χ3n) is 1.76. The van der Waals surface area contributed by atoms with Crippen LogP contribution in [0.1, 0.15) is 5.56 Å². The molecule has 3 heteroatoms. The van der Waals surface area contributed by atoms with Crippen LogP contribution in [0.15, 0.2) is 18.2 Å². The highest BCUT2D eigenvalue weighted by atomic mass is 16.3. The lowest BCUT2D eigenvalue weighted by molar-refractivity contribution is -0.115. The maximum absolute atomic E-state index is 10.8. The molecule has 0 bridgehead atoms. The van der Waals surface area contributed by atoms with Gasteiger partial charge in [-0.05, 0) is 12.1 Å². The maximum atomic E-state index is 10.8. The zero-order valence-corrected chi connectivity index (χ0v) is 5.79. The van der Waals surface area contributed by atoms with Gasteiger partial charge in [0.05, 0.1) is 6.42 Å². The average molecular weight is 149 g/mol. The fourth-order valence-electron chi connectivity index (χ4n) is 1.23. The minimum Gasteiger partial charge on any atom is -0.508 e. The summed E-state index contributed by atoms with van der Waals surface area (Å²) in [6, 6.07) is 5.07. The van der Waals surface area contributed by atoms with Crippen molar-refractivity contribution in [3.05, 3.63) is 23.8 Å². The second-order valence-electron chi connectivity index (χ2n) is 2.53. The highest BCUT2D eigenvalue weighted by molar-refractivity contribution is 5.99. The molecular formula is C8H7NO2. The Morgan fingerprint density at radius 3 is 3.00 bits per heavy atom. The van der Waals surface area contributed by atoms with Gasteiger partial charge in [-0.2, -0.15) is 0 Å². The van der Waals surface area contributed by atoms with E-state index in [1.807, 2.05) is 0 Å². The van der Waals surface area contributed by atoms with Crippen LogP contribution in [0.25, 0.3) is 0 Å². The number of phenols is 1. The van der Waals surface area contributed by atoms with Gasteiger partial charge in [0.2, 0.25) is 5.91 Å². The summed E-state index contributed by atoms with van der Waals surface area (Å²) in [5, 5.41) is 11.9. The summed E-state index contributed by atoms with van der Waals surface area (Å²) in [6.45, 7) is 0. The van der Waals surface area contributed by atoms with Crippen LogP contribution in [-0.4, -0.2) is 11.0 Å². The molecule has 0 aliphatic carbocycles. The van der Waals surface area contributed by atoms with Crippen LogP contribution in [0.5, 0.6) is 5.75 Å². The Morgan fingerprint density at radius 2 is 2.27 bits per heavy atom. The number of phenolic OH excluding ortho intramolecular Hbond substituents is 1. The number of carbonyl (C=O) groups excluding carboxylic acids is 1. The van der Waals surface area contributed by atoms with E-state index in [1.54, 1.807) is 18.2 Å². The van der Waals surface area contributed by atoms with Crippen LogP contribution in [0.3, 0.4) is 0 Å². The van der Waals surface area contributed by atoms with E-state index < -0.39 is 0 Å². The summed E-state index contributed by atoms with van der Waals surface area (Å²) >= 11 is 0. The molecular weight excluding hydrogens is 142 g/mol. The summed E-state index contributed by atoms with van der Waals surface area (Å²) in [4.78, 5) is 10.8. The predicted octanol–water partition coefficient (Wildman–Crippen LogP) is 0.887. The van der Waals surface area contributed by atoms with E-state index in [-0.39, 0.29) is 11.7 Å². The highest BCUT2D eigenvalue weighted by Crippen LogP contribution is 2.29. The number of aromatic hydroxyl groups is 1. The molecule has 1 heterocycles. The number of rotatable bonds is 0. The van der Waals surface area contributed by atoms with Gasteiger partial charge in [0, 0.05) is 11.3 Å². The molecule has 1 aromatic rings. The molecule has 0 saturated carbocycles. The van der Waals surface area contributed by atoms with Crippen molar-refractivity contribution in [1.29, 1.82) is 0 Å². The Balaban J connectivity index is 2.57. The molecule has 0 fully saturated rings. The van der Waals surface area contributed by atoms with Gasteiger partial charge >= 0.3 is 0 Å². The van der Waals surface area contributed by atoms with Crippen molar-refractivity contribution in [2.45, 2.75) is 6.42 Å². The lowest BCUT2D eigenvalue weighted by Gasteiger charge is -1.98. The van der Waals surface area contributed by atoms with Gasteiger partial charge in [-0.15, -0.1) is 0 Å². The van der Waals surface area contributed by atoms with E-state index in [2.05, 4.69) is 5.32 Å². The lowest BCUT2D eigenvalue weighted by atomic mass is 10.1. The Morgan fingerprint density at radius 1 is 1.45 bits per heavy atom. The summed E-state index contributed by atoms with van der Waals surface area (Å²) in [5.41, 5.74) is 1.44. The van der Waals surface area contributed by atoms with Gasteiger partial charge in [-0.3, -0.25) is 4.79 Å². The van der Waals surface area contributed by atoms with Crippen LogP contribution >= 0.6 is 0 Å². The van der Waals surface area contributed by atoms with Crippen molar-refractivity contribution >= 4 is 11.6 Å². The molecule has 11 heavy (non-hydrogen) atoms. The largest absolute Gasteiger partial charge is 0.508 e. The van der Waals surface area contributed by atoms with Gasteiger partial charge < -0.3 is 10.4 Å². The lowest BCUT2D eigenvalue weighted by Crippen LogP contribution is -2.03. The second kappa shape index (κ2) is 1.99. The number of amides is 1. The molecule has 3 nitrogen and oxygen atoms in total. The van der Waals surface area contributed by atoms with Gasteiger partial charge in [-0.25, -0.2) is 0 Å². The predicted molar refractivity (Wildman–Crippen MR) is 40.4 cm³/mol. The number of benzene rings is 1. The van der Waals surface area contributed by atoms with Crippen LogP contribution in [0.2, 0.25) is 0 Å². The fraction of sp³-hybridized carbons (Fsp3) is 0.125. The molecule has 0 spiro atoms. The maximum Gasteiger partial charge on any atom is 0.229 e.